The summed E-state index contributed by atoms with van der Waals surface area (Å²) in [6.07, 6.45) is 1.97. The van der Waals surface area contributed by atoms with Crippen molar-refractivity contribution in [1.82, 2.24) is 9.62 Å². The maximum absolute atomic E-state index is 11.8. The van der Waals surface area contributed by atoms with Crippen molar-refractivity contribution in [1.29, 1.82) is 0 Å². The molecule has 18 heavy (non-hydrogen) atoms. The molecule has 1 saturated heterocycles. The Balaban J connectivity index is 1.95. The minimum absolute atomic E-state index is 0.134. The van der Waals surface area contributed by atoms with Crippen LogP contribution in [0, 0.1) is 0 Å². The van der Waals surface area contributed by atoms with E-state index >= 15 is 0 Å². The molecule has 2 rings (SSSR count). The molecule has 1 aliphatic heterocycles. The number of rotatable bonds is 4. The van der Waals surface area contributed by atoms with Crippen LogP contribution >= 0.6 is 11.3 Å². The van der Waals surface area contributed by atoms with Crippen molar-refractivity contribution in [2.24, 2.45) is 0 Å². The SMILES string of the molecule is Nc1csc(S(=O)(=O)NCC(=O)N2CCCC2)c1. The van der Waals surface area contributed by atoms with Gasteiger partial charge in [0.05, 0.1) is 6.54 Å². The van der Waals surface area contributed by atoms with Crippen LogP contribution in [-0.2, 0) is 14.8 Å². The Hall–Kier alpha value is -1.12. The molecule has 1 aromatic heterocycles. The zero-order valence-electron chi connectivity index (χ0n) is 9.76. The van der Waals surface area contributed by atoms with Crippen LogP contribution < -0.4 is 10.5 Å². The van der Waals surface area contributed by atoms with Crippen LogP contribution in [-0.4, -0.2) is 38.9 Å². The molecule has 0 saturated carbocycles. The fraction of sp³-hybridized carbons (Fsp3) is 0.500. The number of hydrogen-bond acceptors (Lipinski definition) is 5. The van der Waals surface area contributed by atoms with Gasteiger partial charge in [0.15, 0.2) is 0 Å². The Morgan fingerprint density at radius 3 is 2.67 bits per heavy atom. The Kier molecular flexibility index (Phi) is 3.88. The van der Waals surface area contributed by atoms with Gasteiger partial charge in [0.1, 0.15) is 4.21 Å². The second kappa shape index (κ2) is 5.25. The predicted octanol–water partition coefficient (Wildman–Crippen LogP) is 0.231. The van der Waals surface area contributed by atoms with Crippen molar-refractivity contribution < 1.29 is 13.2 Å². The van der Waals surface area contributed by atoms with E-state index in [4.69, 9.17) is 5.73 Å². The highest BCUT2D eigenvalue weighted by atomic mass is 32.2. The minimum atomic E-state index is -3.62. The summed E-state index contributed by atoms with van der Waals surface area (Å²) in [5.74, 6) is -0.180. The quantitative estimate of drug-likeness (QED) is 0.830. The van der Waals surface area contributed by atoms with Gasteiger partial charge in [-0.3, -0.25) is 4.79 Å². The number of sulfonamides is 1. The highest BCUT2D eigenvalue weighted by Gasteiger charge is 2.21. The second-order valence-corrected chi connectivity index (χ2v) is 7.02. The molecule has 0 aliphatic carbocycles. The van der Waals surface area contributed by atoms with Gasteiger partial charge in [0.2, 0.25) is 5.91 Å². The largest absolute Gasteiger partial charge is 0.398 e. The molecular formula is C10H15N3O3S2. The van der Waals surface area contributed by atoms with Crippen LogP contribution in [0.1, 0.15) is 12.8 Å². The van der Waals surface area contributed by atoms with Gasteiger partial charge >= 0.3 is 0 Å². The van der Waals surface area contributed by atoms with Crippen LogP contribution in [0.3, 0.4) is 0 Å². The molecule has 1 fully saturated rings. The molecule has 0 aromatic carbocycles. The van der Waals surface area contributed by atoms with E-state index in [1.54, 1.807) is 10.3 Å². The maximum Gasteiger partial charge on any atom is 0.250 e. The summed E-state index contributed by atoms with van der Waals surface area (Å²) in [7, 11) is -3.62. The van der Waals surface area contributed by atoms with Crippen LogP contribution in [0.5, 0.6) is 0 Å². The first kappa shape index (κ1) is 13.3. The number of nitrogens with zero attached hydrogens (tertiary/aromatic N) is 1. The summed E-state index contributed by atoms with van der Waals surface area (Å²) in [4.78, 5) is 13.4. The number of nitrogens with two attached hydrogens (primary N) is 1. The van der Waals surface area contributed by atoms with Gasteiger partial charge < -0.3 is 10.6 Å². The predicted molar refractivity (Wildman–Crippen MR) is 69.7 cm³/mol. The van der Waals surface area contributed by atoms with Crippen molar-refractivity contribution in [2.75, 3.05) is 25.4 Å². The lowest BCUT2D eigenvalue weighted by Gasteiger charge is -2.15. The van der Waals surface area contributed by atoms with E-state index in [-0.39, 0.29) is 16.7 Å². The number of nitrogen functional groups attached to an aromatic ring is 1. The van der Waals surface area contributed by atoms with E-state index < -0.39 is 10.0 Å². The van der Waals surface area contributed by atoms with Crippen molar-refractivity contribution in [3.8, 4) is 0 Å². The first-order valence-electron chi connectivity index (χ1n) is 5.60. The zero-order valence-corrected chi connectivity index (χ0v) is 11.4. The highest BCUT2D eigenvalue weighted by molar-refractivity contribution is 7.91. The van der Waals surface area contributed by atoms with E-state index in [1.165, 1.54) is 6.07 Å². The highest BCUT2D eigenvalue weighted by Crippen LogP contribution is 2.21. The van der Waals surface area contributed by atoms with Crippen LogP contribution in [0.4, 0.5) is 5.69 Å². The number of anilines is 1. The van der Waals surface area contributed by atoms with Gasteiger partial charge in [-0.2, -0.15) is 0 Å². The third kappa shape index (κ3) is 3.01. The Labute approximate surface area is 110 Å². The van der Waals surface area contributed by atoms with Gasteiger partial charge in [-0.15, -0.1) is 11.3 Å². The average Bonchev–Trinajstić information content (AvgIpc) is 2.96. The fourth-order valence-corrected chi connectivity index (χ4v) is 3.88. The minimum Gasteiger partial charge on any atom is -0.398 e. The molecule has 3 N–H and O–H groups in total. The average molecular weight is 289 g/mol. The number of likely N-dealkylation sites (tertiary alicyclic amines) is 1. The van der Waals surface area contributed by atoms with E-state index in [2.05, 4.69) is 4.72 Å². The third-order valence-electron chi connectivity index (χ3n) is 2.73. The van der Waals surface area contributed by atoms with Crippen molar-refractivity contribution >= 4 is 33.0 Å². The first-order valence-corrected chi connectivity index (χ1v) is 7.97. The topological polar surface area (TPSA) is 92.5 Å². The van der Waals surface area contributed by atoms with E-state index in [9.17, 15) is 13.2 Å². The number of carbonyl (C=O) groups is 1. The van der Waals surface area contributed by atoms with E-state index in [0.717, 1.165) is 24.2 Å². The first-order chi connectivity index (χ1) is 8.49. The number of nitrogens with one attached hydrogen (secondary N) is 1. The number of carbonyl (C=O) groups excluding carboxylic acids is 1. The molecule has 8 heteroatoms. The summed E-state index contributed by atoms with van der Waals surface area (Å²) in [6.45, 7) is 1.24. The monoisotopic (exact) mass is 289 g/mol. The Morgan fingerprint density at radius 2 is 2.11 bits per heavy atom. The molecule has 0 bridgehead atoms. The molecule has 0 atom stereocenters. The second-order valence-electron chi connectivity index (χ2n) is 4.11. The summed E-state index contributed by atoms with van der Waals surface area (Å²) in [5, 5.41) is 1.55. The van der Waals surface area contributed by atoms with Crippen LogP contribution in [0.15, 0.2) is 15.7 Å². The zero-order chi connectivity index (χ0) is 13.2. The van der Waals surface area contributed by atoms with Gasteiger partial charge in [-0.25, -0.2) is 13.1 Å². The fourth-order valence-electron chi connectivity index (χ4n) is 1.78. The normalized spacial score (nSPS) is 16.1. The van der Waals surface area contributed by atoms with Crippen LogP contribution in [0.25, 0.3) is 0 Å². The van der Waals surface area contributed by atoms with Crippen molar-refractivity contribution in [3.63, 3.8) is 0 Å². The maximum atomic E-state index is 11.8. The molecule has 1 aliphatic rings. The molecule has 1 amide bonds. The van der Waals surface area contributed by atoms with Gasteiger partial charge in [-0.05, 0) is 18.9 Å². The van der Waals surface area contributed by atoms with Crippen molar-refractivity contribution in [2.45, 2.75) is 17.1 Å². The van der Waals surface area contributed by atoms with Gasteiger partial charge in [-0.1, -0.05) is 0 Å². The van der Waals surface area contributed by atoms with Gasteiger partial charge in [0.25, 0.3) is 10.0 Å². The lowest BCUT2D eigenvalue weighted by molar-refractivity contribution is -0.128. The molecule has 1 aromatic rings. The smallest absolute Gasteiger partial charge is 0.250 e. The molecule has 2 heterocycles. The van der Waals surface area contributed by atoms with Crippen molar-refractivity contribution in [3.05, 3.63) is 11.4 Å². The third-order valence-corrected chi connectivity index (χ3v) is 5.59. The Morgan fingerprint density at radius 1 is 1.44 bits per heavy atom. The lowest BCUT2D eigenvalue weighted by Crippen LogP contribution is -2.38. The molecular weight excluding hydrogens is 274 g/mol. The van der Waals surface area contributed by atoms with E-state index in [0.29, 0.717) is 18.8 Å². The number of hydrogen-bond donors (Lipinski definition) is 2. The summed E-state index contributed by atoms with van der Waals surface area (Å²) >= 11 is 1.04. The number of thiophene rings is 1. The standard InChI is InChI=1S/C10H15N3O3S2/c11-8-5-10(17-7-8)18(15,16)12-6-9(14)13-3-1-2-4-13/h5,7,12H,1-4,6,11H2. The molecule has 6 nitrogen and oxygen atoms in total. The van der Waals surface area contributed by atoms with E-state index in [1.807, 2.05) is 0 Å². The van der Waals surface area contributed by atoms with Crippen LogP contribution in [0.2, 0.25) is 0 Å². The van der Waals surface area contributed by atoms with Gasteiger partial charge in [0, 0.05) is 24.2 Å². The Bertz CT molecular complexity index is 532. The summed E-state index contributed by atoms with van der Waals surface area (Å²) in [5.41, 5.74) is 5.88. The lowest BCUT2D eigenvalue weighted by atomic mass is 10.4. The summed E-state index contributed by atoms with van der Waals surface area (Å²) < 4.78 is 26.1. The molecule has 100 valence electrons. The number of amides is 1. The molecule has 0 spiro atoms. The summed E-state index contributed by atoms with van der Waals surface area (Å²) in [6, 6.07) is 1.38. The molecule has 0 radical (unpaired) electrons. The molecule has 0 unspecified atom stereocenters.